The molecule has 106 valence electrons. The standard InChI is InChI=1S/C13H12N6O2/c1-14-13-18-10-9(15-6-16-10)11(19-13)17-8-4-2-3-7(5-8)12(20)21/h2-6H,1H3,(H,20,21)(H3,14,15,16,17,18,19). The zero-order chi connectivity index (χ0) is 14.8. The number of aromatic carboxylic acids is 1. The number of fused-ring (bicyclic) bond motifs is 1. The third-order valence-electron chi connectivity index (χ3n) is 2.88. The summed E-state index contributed by atoms with van der Waals surface area (Å²) < 4.78 is 0. The van der Waals surface area contributed by atoms with Gasteiger partial charge in [0.05, 0.1) is 11.9 Å². The quantitative estimate of drug-likeness (QED) is 0.577. The maximum atomic E-state index is 11.0. The van der Waals surface area contributed by atoms with Crippen molar-refractivity contribution in [3.05, 3.63) is 36.2 Å². The van der Waals surface area contributed by atoms with Gasteiger partial charge < -0.3 is 20.7 Å². The molecule has 4 N–H and O–H groups in total. The molecular weight excluding hydrogens is 272 g/mol. The smallest absolute Gasteiger partial charge is 0.335 e. The molecule has 3 aromatic rings. The second-order valence-corrected chi connectivity index (χ2v) is 4.26. The van der Waals surface area contributed by atoms with Crippen molar-refractivity contribution in [2.75, 3.05) is 17.7 Å². The average Bonchev–Trinajstić information content (AvgIpc) is 2.96. The van der Waals surface area contributed by atoms with E-state index in [2.05, 4.69) is 30.6 Å². The number of rotatable bonds is 4. The number of carboxylic acid groups (broad SMARTS) is 1. The molecule has 0 amide bonds. The Kier molecular flexibility index (Phi) is 3.11. The van der Waals surface area contributed by atoms with Gasteiger partial charge in [-0.05, 0) is 18.2 Å². The Hall–Kier alpha value is -3.16. The molecule has 3 rings (SSSR count). The van der Waals surface area contributed by atoms with Gasteiger partial charge in [0.2, 0.25) is 5.95 Å². The first-order valence-electron chi connectivity index (χ1n) is 6.16. The molecule has 0 aliphatic heterocycles. The van der Waals surface area contributed by atoms with E-state index in [1.54, 1.807) is 19.2 Å². The summed E-state index contributed by atoms with van der Waals surface area (Å²) in [5.74, 6) is -0.0418. The normalized spacial score (nSPS) is 10.5. The Morgan fingerprint density at radius 2 is 2.19 bits per heavy atom. The Morgan fingerprint density at radius 3 is 2.95 bits per heavy atom. The summed E-state index contributed by atoms with van der Waals surface area (Å²) in [4.78, 5) is 26.6. The molecule has 0 saturated heterocycles. The van der Waals surface area contributed by atoms with Crippen molar-refractivity contribution in [1.29, 1.82) is 0 Å². The van der Waals surface area contributed by atoms with Crippen molar-refractivity contribution in [3.8, 4) is 0 Å². The van der Waals surface area contributed by atoms with Gasteiger partial charge in [0.25, 0.3) is 0 Å². The van der Waals surface area contributed by atoms with E-state index in [0.29, 0.717) is 28.6 Å². The molecule has 8 heteroatoms. The molecule has 8 nitrogen and oxygen atoms in total. The van der Waals surface area contributed by atoms with Crippen LogP contribution in [0.2, 0.25) is 0 Å². The van der Waals surface area contributed by atoms with Gasteiger partial charge in [-0.2, -0.15) is 9.97 Å². The molecule has 1 aromatic carbocycles. The van der Waals surface area contributed by atoms with Gasteiger partial charge in [-0.3, -0.25) is 0 Å². The molecule has 0 bridgehead atoms. The number of H-pyrrole nitrogens is 1. The van der Waals surface area contributed by atoms with Crippen LogP contribution in [0.15, 0.2) is 30.6 Å². The number of anilines is 3. The number of hydrogen-bond acceptors (Lipinski definition) is 6. The maximum Gasteiger partial charge on any atom is 0.335 e. The molecule has 0 atom stereocenters. The van der Waals surface area contributed by atoms with E-state index in [4.69, 9.17) is 5.11 Å². The van der Waals surface area contributed by atoms with Crippen LogP contribution in [-0.2, 0) is 0 Å². The fourth-order valence-electron chi connectivity index (χ4n) is 1.90. The first-order valence-corrected chi connectivity index (χ1v) is 6.16. The van der Waals surface area contributed by atoms with Crippen LogP contribution < -0.4 is 10.6 Å². The SMILES string of the molecule is CNc1nc(Nc2cccc(C(=O)O)c2)c2[nH]cnc2n1. The molecule has 21 heavy (non-hydrogen) atoms. The zero-order valence-corrected chi connectivity index (χ0v) is 11.1. The van der Waals surface area contributed by atoms with Gasteiger partial charge in [-0.25, -0.2) is 9.78 Å². The van der Waals surface area contributed by atoms with E-state index >= 15 is 0 Å². The van der Waals surface area contributed by atoms with E-state index < -0.39 is 5.97 Å². The minimum atomic E-state index is -0.982. The van der Waals surface area contributed by atoms with Gasteiger partial charge >= 0.3 is 5.97 Å². The second kappa shape index (κ2) is 5.08. The number of carbonyl (C=O) groups is 1. The lowest BCUT2D eigenvalue weighted by Crippen LogP contribution is -2.03. The Morgan fingerprint density at radius 1 is 1.33 bits per heavy atom. The maximum absolute atomic E-state index is 11.0. The number of nitrogens with zero attached hydrogens (tertiary/aromatic N) is 3. The molecule has 0 aliphatic rings. The third-order valence-corrected chi connectivity index (χ3v) is 2.88. The fraction of sp³-hybridized carbons (Fsp3) is 0.0769. The molecule has 0 saturated carbocycles. The summed E-state index contributed by atoms with van der Waals surface area (Å²) in [7, 11) is 1.71. The summed E-state index contributed by atoms with van der Waals surface area (Å²) in [5, 5.41) is 14.9. The molecular formula is C13H12N6O2. The number of imidazole rings is 1. The van der Waals surface area contributed by atoms with Gasteiger partial charge in [-0.15, -0.1) is 0 Å². The fourth-order valence-corrected chi connectivity index (χ4v) is 1.90. The van der Waals surface area contributed by atoms with Crippen molar-refractivity contribution >= 4 is 34.6 Å². The molecule has 0 radical (unpaired) electrons. The lowest BCUT2D eigenvalue weighted by molar-refractivity contribution is 0.0697. The summed E-state index contributed by atoms with van der Waals surface area (Å²) in [5.41, 5.74) is 1.98. The highest BCUT2D eigenvalue weighted by Crippen LogP contribution is 2.23. The lowest BCUT2D eigenvalue weighted by Gasteiger charge is -2.08. The van der Waals surface area contributed by atoms with E-state index in [0.717, 1.165) is 0 Å². The van der Waals surface area contributed by atoms with E-state index in [9.17, 15) is 4.79 Å². The monoisotopic (exact) mass is 284 g/mol. The first-order chi connectivity index (χ1) is 10.2. The molecule has 0 unspecified atom stereocenters. The van der Waals surface area contributed by atoms with Crippen LogP contribution in [0.1, 0.15) is 10.4 Å². The highest BCUT2D eigenvalue weighted by Gasteiger charge is 2.10. The van der Waals surface area contributed by atoms with Crippen molar-refractivity contribution in [2.24, 2.45) is 0 Å². The van der Waals surface area contributed by atoms with E-state index in [1.165, 1.54) is 18.5 Å². The molecule has 2 aromatic heterocycles. The number of benzene rings is 1. The number of hydrogen-bond donors (Lipinski definition) is 4. The van der Waals surface area contributed by atoms with Crippen LogP contribution in [0, 0.1) is 0 Å². The topological polar surface area (TPSA) is 116 Å². The minimum absolute atomic E-state index is 0.198. The Balaban J connectivity index is 2.03. The van der Waals surface area contributed by atoms with Crippen LogP contribution in [0.5, 0.6) is 0 Å². The second-order valence-electron chi connectivity index (χ2n) is 4.26. The van der Waals surface area contributed by atoms with E-state index in [1.807, 2.05) is 0 Å². The van der Waals surface area contributed by atoms with Crippen molar-refractivity contribution < 1.29 is 9.90 Å². The lowest BCUT2D eigenvalue weighted by atomic mass is 10.2. The van der Waals surface area contributed by atoms with Gasteiger partial charge in [0.15, 0.2) is 11.5 Å². The first kappa shape index (κ1) is 12.9. The molecule has 0 spiro atoms. The van der Waals surface area contributed by atoms with Crippen molar-refractivity contribution in [3.63, 3.8) is 0 Å². The molecule has 2 heterocycles. The Bertz CT molecular complexity index is 813. The number of carboxylic acids is 1. The predicted molar refractivity (Wildman–Crippen MR) is 77.9 cm³/mol. The molecule has 0 fully saturated rings. The number of aromatic amines is 1. The van der Waals surface area contributed by atoms with Crippen LogP contribution in [0.25, 0.3) is 11.2 Å². The van der Waals surface area contributed by atoms with E-state index in [-0.39, 0.29) is 5.56 Å². The minimum Gasteiger partial charge on any atom is -0.478 e. The van der Waals surface area contributed by atoms with Crippen molar-refractivity contribution in [1.82, 2.24) is 19.9 Å². The Labute approximate surface area is 119 Å². The highest BCUT2D eigenvalue weighted by atomic mass is 16.4. The summed E-state index contributed by atoms with van der Waals surface area (Å²) in [6.07, 6.45) is 1.53. The third kappa shape index (κ3) is 2.46. The summed E-state index contributed by atoms with van der Waals surface area (Å²) in [6, 6.07) is 6.48. The van der Waals surface area contributed by atoms with Gasteiger partial charge in [0.1, 0.15) is 5.52 Å². The predicted octanol–water partition coefficient (Wildman–Crippen LogP) is 1.84. The van der Waals surface area contributed by atoms with Crippen LogP contribution in [0.3, 0.4) is 0 Å². The van der Waals surface area contributed by atoms with Crippen molar-refractivity contribution in [2.45, 2.75) is 0 Å². The van der Waals surface area contributed by atoms with Gasteiger partial charge in [-0.1, -0.05) is 6.07 Å². The summed E-state index contributed by atoms with van der Waals surface area (Å²) in [6.45, 7) is 0. The highest BCUT2D eigenvalue weighted by molar-refractivity contribution is 5.90. The van der Waals surface area contributed by atoms with Crippen LogP contribution in [-0.4, -0.2) is 38.1 Å². The van der Waals surface area contributed by atoms with Gasteiger partial charge in [0, 0.05) is 12.7 Å². The van der Waals surface area contributed by atoms with Crippen LogP contribution in [0.4, 0.5) is 17.5 Å². The largest absolute Gasteiger partial charge is 0.478 e. The number of aromatic nitrogens is 4. The zero-order valence-electron chi connectivity index (χ0n) is 11.1. The number of nitrogens with one attached hydrogen (secondary N) is 3. The average molecular weight is 284 g/mol. The summed E-state index contributed by atoms with van der Waals surface area (Å²) >= 11 is 0. The van der Waals surface area contributed by atoms with Crippen LogP contribution >= 0.6 is 0 Å². The molecule has 0 aliphatic carbocycles.